The molecule has 0 saturated carbocycles. The van der Waals surface area contributed by atoms with Gasteiger partial charge >= 0.3 is 6.18 Å². The smallest absolute Gasteiger partial charge is 0.220 e. The van der Waals surface area contributed by atoms with Gasteiger partial charge in [0.05, 0.1) is 23.1 Å². The van der Waals surface area contributed by atoms with Crippen molar-refractivity contribution in [3.63, 3.8) is 0 Å². The Bertz CT molecular complexity index is 598. The molecule has 108 valence electrons. The van der Waals surface area contributed by atoms with E-state index in [1.165, 1.54) is 10.7 Å². The van der Waals surface area contributed by atoms with Gasteiger partial charge in [0.15, 0.2) is 0 Å². The van der Waals surface area contributed by atoms with E-state index in [-0.39, 0.29) is 4.47 Å². The summed E-state index contributed by atoms with van der Waals surface area (Å²) in [6.07, 6.45) is -1.42. The van der Waals surface area contributed by atoms with Gasteiger partial charge in [0.25, 0.3) is 0 Å². The van der Waals surface area contributed by atoms with Crippen molar-refractivity contribution in [2.45, 2.75) is 19.0 Å². The second-order valence-corrected chi connectivity index (χ2v) is 5.34. The first-order chi connectivity index (χ1) is 9.41. The molecule has 0 saturated heterocycles. The second kappa shape index (κ2) is 6.13. The highest BCUT2D eigenvalue weighted by atomic mass is 79.9. The van der Waals surface area contributed by atoms with Crippen LogP contribution in [0.5, 0.6) is 0 Å². The molecule has 0 unspecified atom stereocenters. The minimum absolute atomic E-state index is 0.00349. The highest BCUT2D eigenvalue weighted by molar-refractivity contribution is 9.10. The van der Waals surface area contributed by atoms with Crippen LogP contribution in [-0.2, 0) is 12.6 Å². The maximum Gasteiger partial charge on any atom is 0.417 e. The van der Waals surface area contributed by atoms with E-state index in [1.807, 2.05) is 0 Å². The van der Waals surface area contributed by atoms with Crippen molar-refractivity contribution in [1.29, 1.82) is 0 Å². The Balaban J connectivity index is 2.31. The first-order valence-corrected chi connectivity index (χ1v) is 7.09. The maximum absolute atomic E-state index is 12.8. The number of aryl methyl sites for hydroxylation is 1. The topological polar surface area (TPSA) is 30.7 Å². The third-order valence-corrected chi connectivity index (χ3v) is 3.59. The third kappa shape index (κ3) is 3.52. The Kier molecular flexibility index (Phi) is 4.70. The molecule has 0 bridgehead atoms. The number of nitrogens with zero attached hydrogens (tertiary/aromatic N) is 3. The summed E-state index contributed by atoms with van der Waals surface area (Å²) in [6.45, 7) is 0. The van der Waals surface area contributed by atoms with Gasteiger partial charge in [-0.3, -0.25) is 0 Å². The predicted octanol–water partition coefficient (Wildman–Crippen LogP) is 4.22. The van der Waals surface area contributed by atoms with Crippen LogP contribution < -0.4 is 0 Å². The van der Waals surface area contributed by atoms with Crippen molar-refractivity contribution < 1.29 is 13.2 Å². The fourth-order valence-corrected chi connectivity index (χ4v) is 2.27. The van der Waals surface area contributed by atoms with E-state index in [2.05, 4.69) is 26.2 Å². The van der Waals surface area contributed by atoms with Crippen LogP contribution >= 0.6 is 27.5 Å². The van der Waals surface area contributed by atoms with Crippen LogP contribution in [0, 0.1) is 0 Å². The first-order valence-electron chi connectivity index (χ1n) is 5.76. The van der Waals surface area contributed by atoms with Gasteiger partial charge in [-0.25, -0.2) is 4.68 Å². The average molecular weight is 369 g/mol. The van der Waals surface area contributed by atoms with Crippen LogP contribution in [0.15, 0.2) is 28.9 Å². The molecule has 1 aromatic heterocycles. The molecule has 20 heavy (non-hydrogen) atoms. The molecule has 0 N–H and O–H groups in total. The summed E-state index contributed by atoms with van der Waals surface area (Å²) < 4.78 is 39.8. The lowest BCUT2D eigenvalue weighted by atomic mass is 10.2. The molecule has 0 aliphatic heterocycles. The largest absolute Gasteiger partial charge is 0.417 e. The number of rotatable bonds is 4. The molecule has 2 aromatic rings. The van der Waals surface area contributed by atoms with Crippen LogP contribution in [0.1, 0.15) is 17.7 Å². The maximum atomic E-state index is 12.8. The van der Waals surface area contributed by atoms with E-state index < -0.39 is 11.7 Å². The Hall–Kier alpha value is -1.08. The van der Waals surface area contributed by atoms with Crippen molar-refractivity contribution >= 4 is 27.5 Å². The number of hydrogen-bond acceptors (Lipinski definition) is 2. The second-order valence-electron chi connectivity index (χ2n) is 4.11. The predicted molar refractivity (Wildman–Crippen MR) is 73.1 cm³/mol. The minimum Gasteiger partial charge on any atom is -0.220 e. The Morgan fingerprint density at radius 3 is 2.70 bits per heavy atom. The molecule has 2 rings (SSSR count). The Morgan fingerprint density at radius 2 is 2.05 bits per heavy atom. The summed E-state index contributed by atoms with van der Waals surface area (Å²) >= 11 is 8.48. The number of benzene rings is 1. The Labute approximate surface area is 126 Å². The van der Waals surface area contributed by atoms with Crippen molar-refractivity contribution in [2.75, 3.05) is 5.88 Å². The first kappa shape index (κ1) is 15.3. The van der Waals surface area contributed by atoms with E-state index in [0.717, 1.165) is 12.5 Å². The van der Waals surface area contributed by atoms with Crippen LogP contribution in [0.2, 0.25) is 0 Å². The molecular weight excluding hydrogens is 359 g/mol. The van der Waals surface area contributed by atoms with Gasteiger partial charge in [-0.2, -0.15) is 13.2 Å². The zero-order valence-corrected chi connectivity index (χ0v) is 12.5. The van der Waals surface area contributed by atoms with Crippen LogP contribution in [-0.4, -0.2) is 20.9 Å². The SMILES string of the molecule is FC(F)(F)c1cc(-n2cc(CCCCl)nn2)ccc1Br. The van der Waals surface area contributed by atoms with Gasteiger partial charge in [-0.05, 0) is 31.0 Å². The molecule has 0 fully saturated rings. The Morgan fingerprint density at radius 1 is 1.30 bits per heavy atom. The summed E-state index contributed by atoms with van der Waals surface area (Å²) in [4.78, 5) is 0. The molecule has 0 radical (unpaired) electrons. The molecule has 0 aliphatic carbocycles. The minimum atomic E-state index is -4.42. The lowest BCUT2D eigenvalue weighted by Crippen LogP contribution is -2.07. The number of aromatic nitrogens is 3. The third-order valence-electron chi connectivity index (χ3n) is 2.63. The molecule has 0 amide bonds. The van der Waals surface area contributed by atoms with Gasteiger partial charge in [0, 0.05) is 10.4 Å². The standard InChI is InChI=1S/C12H10BrClF3N3/c13-11-4-3-9(6-10(11)12(15,16)17)20-7-8(18-19-20)2-1-5-14/h3-4,6-7H,1-2,5H2. The molecule has 0 spiro atoms. The fourth-order valence-electron chi connectivity index (χ4n) is 1.66. The van der Waals surface area contributed by atoms with E-state index in [4.69, 9.17) is 11.6 Å². The summed E-state index contributed by atoms with van der Waals surface area (Å²) in [5, 5.41) is 7.74. The van der Waals surface area contributed by atoms with E-state index in [1.54, 1.807) is 12.3 Å². The van der Waals surface area contributed by atoms with Gasteiger partial charge in [0.2, 0.25) is 0 Å². The highest BCUT2D eigenvalue weighted by Gasteiger charge is 2.33. The molecule has 3 nitrogen and oxygen atoms in total. The van der Waals surface area contributed by atoms with Crippen molar-refractivity contribution in [3.8, 4) is 5.69 Å². The average Bonchev–Trinajstić information content (AvgIpc) is 2.84. The fraction of sp³-hybridized carbons (Fsp3) is 0.333. The van der Waals surface area contributed by atoms with Crippen molar-refractivity contribution in [2.24, 2.45) is 0 Å². The molecule has 1 aromatic carbocycles. The summed E-state index contributed by atoms with van der Waals surface area (Å²) in [7, 11) is 0. The summed E-state index contributed by atoms with van der Waals surface area (Å²) in [5.41, 5.74) is 0.264. The molecular formula is C12H10BrClF3N3. The lowest BCUT2D eigenvalue weighted by molar-refractivity contribution is -0.138. The highest BCUT2D eigenvalue weighted by Crippen LogP contribution is 2.35. The molecule has 0 atom stereocenters. The van der Waals surface area contributed by atoms with Gasteiger partial charge in [-0.1, -0.05) is 21.1 Å². The van der Waals surface area contributed by atoms with Crippen LogP contribution in [0.3, 0.4) is 0 Å². The molecule has 8 heteroatoms. The number of halogens is 5. The van der Waals surface area contributed by atoms with E-state index in [9.17, 15) is 13.2 Å². The lowest BCUT2D eigenvalue weighted by Gasteiger charge is -2.10. The molecule has 1 heterocycles. The monoisotopic (exact) mass is 367 g/mol. The van der Waals surface area contributed by atoms with Crippen LogP contribution in [0.25, 0.3) is 5.69 Å². The zero-order valence-electron chi connectivity index (χ0n) is 10.2. The van der Waals surface area contributed by atoms with Gasteiger partial charge in [0.1, 0.15) is 0 Å². The summed E-state index contributed by atoms with van der Waals surface area (Å²) in [5.74, 6) is 0.503. The normalized spacial score (nSPS) is 11.8. The van der Waals surface area contributed by atoms with E-state index >= 15 is 0 Å². The summed E-state index contributed by atoms with van der Waals surface area (Å²) in [6, 6.07) is 3.92. The van der Waals surface area contributed by atoms with Crippen molar-refractivity contribution in [3.05, 3.63) is 40.1 Å². The zero-order chi connectivity index (χ0) is 14.8. The van der Waals surface area contributed by atoms with Crippen LogP contribution in [0.4, 0.5) is 13.2 Å². The van der Waals surface area contributed by atoms with Crippen molar-refractivity contribution in [1.82, 2.24) is 15.0 Å². The number of alkyl halides is 4. The number of hydrogen-bond donors (Lipinski definition) is 0. The molecule has 0 aliphatic rings. The van der Waals surface area contributed by atoms with E-state index in [0.29, 0.717) is 23.7 Å². The van der Waals surface area contributed by atoms with Gasteiger partial charge < -0.3 is 0 Å². The van der Waals surface area contributed by atoms with Gasteiger partial charge in [-0.15, -0.1) is 16.7 Å². The quantitative estimate of drug-likeness (QED) is 0.757.